The zero-order valence-corrected chi connectivity index (χ0v) is 17.7. The minimum atomic E-state index is -4.39. The van der Waals surface area contributed by atoms with E-state index in [2.05, 4.69) is 20.7 Å². The first-order valence-electron chi connectivity index (χ1n) is 9.40. The van der Waals surface area contributed by atoms with Gasteiger partial charge in [0.15, 0.2) is 11.0 Å². The molecule has 0 saturated heterocycles. The second kappa shape index (κ2) is 9.78. The van der Waals surface area contributed by atoms with E-state index >= 15 is 0 Å². The number of rotatable bonds is 7. The minimum Gasteiger partial charge on any atom is -0.302 e. The summed E-state index contributed by atoms with van der Waals surface area (Å²) in [5.74, 6) is 0.428. The summed E-state index contributed by atoms with van der Waals surface area (Å²) in [7, 11) is 0. The predicted molar refractivity (Wildman–Crippen MR) is 114 cm³/mol. The number of aryl methyl sites for hydroxylation is 1. The molecule has 0 radical (unpaired) electrons. The number of carbonyl (C=O) groups excluding carboxylic acids is 1. The molecular formula is C21H20F3N5OS. The van der Waals surface area contributed by atoms with Gasteiger partial charge in [-0.2, -0.15) is 18.3 Å². The molecule has 2 aromatic carbocycles. The fourth-order valence-electron chi connectivity index (χ4n) is 2.70. The van der Waals surface area contributed by atoms with E-state index in [1.165, 1.54) is 30.1 Å². The first-order valence-corrected chi connectivity index (χ1v) is 10.4. The summed E-state index contributed by atoms with van der Waals surface area (Å²) in [6, 6.07) is 12.4. The number of thioether (sulfide) groups is 1. The fraction of sp³-hybridized carbons (Fsp3) is 0.238. The number of hydrogen-bond donors (Lipinski definition) is 1. The molecule has 0 bridgehead atoms. The number of halogens is 3. The van der Waals surface area contributed by atoms with Crippen molar-refractivity contribution in [3.05, 3.63) is 65.2 Å². The molecule has 0 fully saturated rings. The van der Waals surface area contributed by atoms with Crippen LogP contribution in [0.1, 0.15) is 23.6 Å². The quantitative estimate of drug-likeness (QED) is 0.328. The number of hydrogen-bond acceptors (Lipinski definition) is 5. The molecule has 162 valence electrons. The summed E-state index contributed by atoms with van der Waals surface area (Å²) in [5.41, 5.74) is 4.15. The van der Waals surface area contributed by atoms with Gasteiger partial charge in [0.2, 0.25) is 0 Å². The van der Waals surface area contributed by atoms with Gasteiger partial charge in [-0.15, -0.1) is 10.2 Å². The normalized spacial score (nSPS) is 11.8. The van der Waals surface area contributed by atoms with Crippen LogP contribution in [0.3, 0.4) is 0 Å². The Labute approximate surface area is 181 Å². The van der Waals surface area contributed by atoms with E-state index < -0.39 is 11.7 Å². The summed E-state index contributed by atoms with van der Waals surface area (Å²) in [4.78, 5) is 12.1. The number of amides is 1. The van der Waals surface area contributed by atoms with Gasteiger partial charge in [-0.05, 0) is 31.5 Å². The van der Waals surface area contributed by atoms with Crippen LogP contribution < -0.4 is 5.43 Å². The highest BCUT2D eigenvalue weighted by Crippen LogP contribution is 2.29. The van der Waals surface area contributed by atoms with E-state index in [0.29, 0.717) is 17.3 Å². The van der Waals surface area contributed by atoms with Crippen molar-refractivity contribution in [2.75, 3.05) is 5.75 Å². The van der Waals surface area contributed by atoms with E-state index in [0.717, 1.165) is 29.1 Å². The lowest BCUT2D eigenvalue weighted by Gasteiger charge is -2.07. The zero-order valence-electron chi connectivity index (χ0n) is 16.8. The van der Waals surface area contributed by atoms with Crippen LogP contribution in [-0.2, 0) is 17.5 Å². The minimum absolute atomic E-state index is 0.0659. The Kier molecular flexibility index (Phi) is 7.11. The summed E-state index contributed by atoms with van der Waals surface area (Å²) in [6.07, 6.45) is -3.10. The van der Waals surface area contributed by atoms with E-state index in [1.54, 1.807) is 0 Å². The highest BCUT2D eigenvalue weighted by molar-refractivity contribution is 7.99. The van der Waals surface area contributed by atoms with Gasteiger partial charge in [0.25, 0.3) is 5.91 Å². The summed E-state index contributed by atoms with van der Waals surface area (Å²) >= 11 is 1.23. The highest BCUT2D eigenvalue weighted by atomic mass is 32.2. The van der Waals surface area contributed by atoms with Crippen LogP contribution >= 0.6 is 11.8 Å². The molecule has 0 spiro atoms. The molecule has 3 aromatic rings. The van der Waals surface area contributed by atoms with Crippen LogP contribution in [0, 0.1) is 6.92 Å². The molecule has 1 N–H and O–H groups in total. The lowest BCUT2D eigenvalue weighted by Crippen LogP contribution is -2.20. The molecule has 1 heterocycles. The molecular weight excluding hydrogens is 427 g/mol. The van der Waals surface area contributed by atoms with Gasteiger partial charge in [-0.1, -0.05) is 53.7 Å². The molecule has 6 nitrogen and oxygen atoms in total. The number of benzene rings is 2. The van der Waals surface area contributed by atoms with Crippen molar-refractivity contribution in [2.45, 2.75) is 31.7 Å². The van der Waals surface area contributed by atoms with Crippen molar-refractivity contribution < 1.29 is 18.0 Å². The van der Waals surface area contributed by atoms with Crippen LogP contribution in [0.25, 0.3) is 11.4 Å². The second-order valence-electron chi connectivity index (χ2n) is 6.62. The largest absolute Gasteiger partial charge is 0.416 e. The zero-order chi connectivity index (χ0) is 22.4. The summed E-state index contributed by atoms with van der Waals surface area (Å²) in [6.45, 7) is 4.63. The molecule has 0 aliphatic heterocycles. The van der Waals surface area contributed by atoms with Crippen molar-refractivity contribution in [3.8, 4) is 11.4 Å². The third-order valence-corrected chi connectivity index (χ3v) is 5.28. The summed E-state index contributed by atoms with van der Waals surface area (Å²) in [5, 5.41) is 12.8. The fourth-order valence-corrected chi connectivity index (χ4v) is 3.49. The Morgan fingerprint density at radius 3 is 2.42 bits per heavy atom. The molecule has 10 heteroatoms. The molecule has 0 aliphatic carbocycles. The van der Waals surface area contributed by atoms with E-state index in [9.17, 15) is 18.0 Å². The monoisotopic (exact) mass is 447 g/mol. The smallest absolute Gasteiger partial charge is 0.302 e. The van der Waals surface area contributed by atoms with E-state index in [1.807, 2.05) is 42.7 Å². The van der Waals surface area contributed by atoms with Gasteiger partial charge in [0.1, 0.15) is 0 Å². The molecule has 3 rings (SSSR count). The molecule has 0 saturated carbocycles. The molecule has 0 unspecified atom stereocenters. The van der Waals surface area contributed by atoms with Crippen LogP contribution in [0.5, 0.6) is 0 Å². The molecule has 31 heavy (non-hydrogen) atoms. The van der Waals surface area contributed by atoms with E-state index in [4.69, 9.17) is 0 Å². The maximum atomic E-state index is 12.6. The Bertz CT molecular complexity index is 1060. The van der Waals surface area contributed by atoms with Crippen molar-refractivity contribution in [1.29, 1.82) is 0 Å². The molecule has 1 amide bonds. The third-order valence-electron chi connectivity index (χ3n) is 4.32. The van der Waals surface area contributed by atoms with E-state index in [-0.39, 0.29) is 11.7 Å². The average Bonchev–Trinajstić information content (AvgIpc) is 3.15. The van der Waals surface area contributed by atoms with Crippen LogP contribution in [-0.4, -0.2) is 32.6 Å². The Hall–Kier alpha value is -3.14. The van der Waals surface area contributed by atoms with Crippen molar-refractivity contribution in [3.63, 3.8) is 0 Å². The maximum Gasteiger partial charge on any atom is 0.416 e. The van der Waals surface area contributed by atoms with Gasteiger partial charge in [0.05, 0.1) is 17.5 Å². The maximum absolute atomic E-state index is 12.6. The lowest BCUT2D eigenvalue weighted by atomic mass is 10.1. The number of aromatic nitrogens is 3. The molecule has 0 atom stereocenters. The summed E-state index contributed by atoms with van der Waals surface area (Å²) < 4.78 is 39.6. The van der Waals surface area contributed by atoms with Gasteiger partial charge >= 0.3 is 6.18 Å². The molecule has 0 aliphatic rings. The third kappa shape index (κ3) is 5.94. The lowest BCUT2D eigenvalue weighted by molar-refractivity contribution is -0.137. The standard InChI is InChI=1S/C21H20F3N5OS/c1-3-29-19(16-8-4-14(2)5-9-16)27-28-20(29)31-13-18(30)26-25-12-15-6-10-17(11-7-15)21(22,23)24/h4-12H,3,13H2,1-2H3,(H,26,30)/b25-12-. The number of hydrazone groups is 1. The topological polar surface area (TPSA) is 72.2 Å². The van der Waals surface area contributed by atoms with Gasteiger partial charge < -0.3 is 4.57 Å². The second-order valence-corrected chi connectivity index (χ2v) is 7.56. The van der Waals surface area contributed by atoms with Crippen LogP contribution in [0.4, 0.5) is 13.2 Å². The number of nitrogens with one attached hydrogen (secondary N) is 1. The van der Waals surface area contributed by atoms with Gasteiger partial charge in [-0.25, -0.2) is 5.43 Å². The first kappa shape index (κ1) is 22.5. The van der Waals surface area contributed by atoms with Crippen LogP contribution in [0.2, 0.25) is 0 Å². The van der Waals surface area contributed by atoms with Gasteiger partial charge in [-0.3, -0.25) is 4.79 Å². The first-order chi connectivity index (χ1) is 14.8. The highest BCUT2D eigenvalue weighted by Gasteiger charge is 2.29. The number of carbonyl (C=O) groups is 1. The predicted octanol–water partition coefficient (Wildman–Crippen LogP) is 4.53. The number of nitrogens with zero attached hydrogens (tertiary/aromatic N) is 4. The van der Waals surface area contributed by atoms with Crippen molar-refractivity contribution in [1.82, 2.24) is 20.2 Å². The Balaban J connectivity index is 1.56. The van der Waals surface area contributed by atoms with Crippen molar-refractivity contribution >= 4 is 23.9 Å². The molecule has 1 aromatic heterocycles. The number of alkyl halides is 3. The Morgan fingerprint density at radius 1 is 1.13 bits per heavy atom. The Morgan fingerprint density at radius 2 is 1.81 bits per heavy atom. The van der Waals surface area contributed by atoms with Gasteiger partial charge in [0, 0.05) is 12.1 Å². The van der Waals surface area contributed by atoms with Crippen molar-refractivity contribution in [2.24, 2.45) is 5.10 Å². The SMILES string of the molecule is CCn1c(SCC(=O)N/N=C\c2ccc(C(F)(F)F)cc2)nnc1-c1ccc(C)cc1. The van der Waals surface area contributed by atoms with Crippen LogP contribution in [0.15, 0.2) is 58.8 Å². The average molecular weight is 447 g/mol.